The van der Waals surface area contributed by atoms with Gasteiger partial charge in [0.15, 0.2) is 0 Å². The number of hydrogen-bond acceptors (Lipinski definition) is 4. The number of hydrogen-bond donors (Lipinski definition) is 0. The van der Waals surface area contributed by atoms with Gasteiger partial charge in [0.25, 0.3) is 5.56 Å². The van der Waals surface area contributed by atoms with E-state index in [0.29, 0.717) is 17.8 Å². The van der Waals surface area contributed by atoms with Crippen LogP contribution in [-0.2, 0) is 37.8 Å². The van der Waals surface area contributed by atoms with Crippen molar-refractivity contribution in [1.29, 1.82) is 0 Å². The highest BCUT2D eigenvalue weighted by molar-refractivity contribution is 5.76. The number of aromatic nitrogens is 4. The highest BCUT2D eigenvalue weighted by Crippen LogP contribution is 2.29. The molecule has 4 rings (SSSR count). The quantitative estimate of drug-likeness (QED) is 0.792. The van der Waals surface area contributed by atoms with Crippen molar-refractivity contribution in [3.63, 3.8) is 0 Å². The molecule has 1 amide bonds. The number of amides is 1. The van der Waals surface area contributed by atoms with Gasteiger partial charge < -0.3 is 4.90 Å². The predicted octanol–water partition coefficient (Wildman–Crippen LogP) is 2.05. The number of nitrogens with zero attached hydrogens (tertiary/aromatic N) is 5. The average molecular weight is 383 g/mol. The highest BCUT2D eigenvalue weighted by Gasteiger charge is 2.30. The molecule has 7 heteroatoms. The Kier molecular flexibility index (Phi) is 5.08. The fourth-order valence-electron chi connectivity index (χ4n) is 4.65. The van der Waals surface area contributed by atoms with Gasteiger partial charge in [0, 0.05) is 30.0 Å². The summed E-state index contributed by atoms with van der Waals surface area (Å²) in [6, 6.07) is 0.238. The zero-order valence-corrected chi connectivity index (χ0v) is 17.1. The molecule has 28 heavy (non-hydrogen) atoms. The summed E-state index contributed by atoms with van der Waals surface area (Å²) >= 11 is 0. The predicted molar refractivity (Wildman–Crippen MR) is 106 cm³/mol. The molecule has 1 saturated carbocycles. The third-order valence-electron chi connectivity index (χ3n) is 6.43. The molecule has 2 aromatic heterocycles. The van der Waals surface area contributed by atoms with Crippen LogP contribution in [-0.4, -0.2) is 36.2 Å². The molecule has 150 valence electrons. The summed E-state index contributed by atoms with van der Waals surface area (Å²) in [5, 5.41) is 4.72. The maximum absolute atomic E-state index is 13.3. The topological polar surface area (TPSA) is 73.0 Å². The molecule has 2 aromatic rings. The monoisotopic (exact) mass is 383 g/mol. The second-order valence-corrected chi connectivity index (χ2v) is 8.20. The zero-order chi connectivity index (χ0) is 19.8. The lowest BCUT2D eigenvalue weighted by molar-refractivity contribution is -0.135. The molecule has 0 radical (unpaired) electrons. The number of aryl methyl sites for hydroxylation is 2. The molecule has 0 aromatic carbocycles. The van der Waals surface area contributed by atoms with E-state index in [0.717, 1.165) is 50.6 Å². The first-order valence-corrected chi connectivity index (χ1v) is 10.3. The smallest absolute Gasteiger partial charge is 0.256 e. The number of rotatable bonds is 5. The molecule has 1 fully saturated rings. The summed E-state index contributed by atoms with van der Waals surface area (Å²) in [6.45, 7) is 4.16. The van der Waals surface area contributed by atoms with E-state index in [-0.39, 0.29) is 24.1 Å². The number of fused-ring (bicyclic) bond motifs is 1. The first-order chi connectivity index (χ1) is 13.5. The number of carbonyl (C=O) groups is 1. The SMILES string of the molecule is Cc1ncn(CC(=O)N(Cc2nn(C)c3c2CCC3)C2CCCC2)c(=O)c1C. The Morgan fingerprint density at radius 2 is 1.96 bits per heavy atom. The van der Waals surface area contributed by atoms with Gasteiger partial charge in [-0.2, -0.15) is 5.10 Å². The largest absolute Gasteiger partial charge is 0.332 e. The van der Waals surface area contributed by atoms with E-state index in [4.69, 9.17) is 5.10 Å². The van der Waals surface area contributed by atoms with Crippen molar-refractivity contribution in [3.8, 4) is 0 Å². The third kappa shape index (κ3) is 3.38. The van der Waals surface area contributed by atoms with Crippen molar-refractivity contribution < 1.29 is 4.79 Å². The Morgan fingerprint density at radius 3 is 2.71 bits per heavy atom. The van der Waals surface area contributed by atoms with Crippen LogP contribution in [0.4, 0.5) is 0 Å². The molecule has 0 spiro atoms. The Labute approximate surface area is 165 Å². The van der Waals surface area contributed by atoms with Crippen molar-refractivity contribution in [2.45, 2.75) is 77.9 Å². The van der Waals surface area contributed by atoms with Crippen LogP contribution in [0.3, 0.4) is 0 Å². The van der Waals surface area contributed by atoms with Crippen molar-refractivity contribution in [3.05, 3.63) is 44.9 Å². The molecule has 7 nitrogen and oxygen atoms in total. The van der Waals surface area contributed by atoms with E-state index in [1.807, 2.05) is 23.6 Å². The minimum Gasteiger partial charge on any atom is -0.332 e. The van der Waals surface area contributed by atoms with Crippen LogP contribution in [0.2, 0.25) is 0 Å². The first-order valence-electron chi connectivity index (χ1n) is 10.3. The second kappa shape index (κ2) is 7.53. The van der Waals surface area contributed by atoms with Crippen molar-refractivity contribution in [1.82, 2.24) is 24.2 Å². The van der Waals surface area contributed by atoms with E-state index in [2.05, 4.69) is 4.98 Å². The van der Waals surface area contributed by atoms with Crippen molar-refractivity contribution >= 4 is 5.91 Å². The van der Waals surface area contributed by atoms with Gasteiger partial charge >= 0.3 is 0 Å². The van der Waals surface area contributed by atoms with Gasteiger partial charge in [0.2, 0.25) is 5.91 Å². The normalized spacial score (nSPS) is 16.5. The molecule has 0 N–H and O–H groups in total. The minimum atomic E-state index is -0.133. The summed E-state index contributed by atoms with van der Waals surface area (Å²) in [5.41, 5.74) is 4.84. The highest BCUT2D eigenvalue weighted by atomic mass is 16.2. The molecule has 2 aliphatic rings. The van der Waals surface area contributed by atoms with Crippen LogP contribution in [0, 0.1) is 13.8 Å². The van der Waals surface area contributed by atoms with Gasteiger partial charge in [-0.1, -0.05) is 12.8 Å². The van der Waals surface area contributed by atoms with E-state index in [1.165, 1.54) is 22.2 Å². The molecule has 0 saturated heterocycles. The van der Waals surface area contributed by atoms with Gasteiger partial charge in [-0.3, -0.25) is 18.8 Å². The van der Waals surface area contributed by atoms with Crippen LogP contribution in [0.1, 0.15) is 60.3 Å². The Morgan fingerprint density at radius 1 is 1.21 bits per heavy atom. The molecule has 0 unspecified atom stereocenters. The molecule has 0 aliphatic heterocycles. The maximum atomic E-state index is 13.3. The summed E-state index contributed by atoms with van der Waals surface area (Å²) < 4.78 is 3.42. The molecular weight excluding hydrogens is 354 g/mol. The lowest BCUT2D eigenvalue weighted by Crippen LogP contribution is -2.42. The zero-order valence-electron chi connectivity index (χ0n) is 17.1. The van der Waals surface area contributed by atoms with Gasteiger partial charge in [-0.05, 0) is 51.5 Å². The fraction of sp³-hybridized carbons (Fsp3) is 0.619. The Hall–Kier alpha value is -2.44. The summed E-state index contributed by atoms with van der Waals surface area (Å²) in [7, 11) is 2.00. The van der Waals surface area contributed by atoms with E-state index in [1.54, 1.807) is 6.92 Å². The average Bonchev–Trinajstić information content (AvgIpc) is 3.40. The lowest BCUT2D eigenvalue weighted by Gasteiger charge is -2.29. The summed E-state index contributed by atoms with van der Waals surface area (Å²) in [5.74, 6) is -0.0172. The van der Waals surface area contributed by atoms with Crippen LogP contribution >= 0.6 is 0 Å². The molecule has 2 aliphatic carbocycles. The van der Waals surface area contributed by atoms with Gasteiger partial charge in [0.05, 0.1) is 18.6 Å². The van der Waals surface area contributed by atoms with E-state index >= 15 is 0 Å². The van der Waals surface area contributed by atoms with E-state index in [9.17, 15) is 9.59 Å². The van der Waals surface area contributed by atoms with Crippen molar-refractivity contribution in [2.75, 3.05) is 0 Å². The first kappa shape index (κ1) is 18.9. The summed E-state index contributed by atoms with van der Waals surface area (Å²) in [6.07, 6.45) is 9.14. The Balaban J connectivity index is 1.60. The standard InChI is InChI=1S/C21H29N5O2/c1-14-15(2)22-13-25(21(14)28)12-20(27)26(16-7-4-5-8-16)11-18-17-9-6-10-19(17)24(3)23-18/h13,16H,4-12H2,1-3H3. The Bertz CT molecular complexity index is 952. The van der Waals surface area contributed by atoms with Crippen molar-refractivity contribution in [2.24, 2.45) is 7.05 Å². The van der Waals surface area contributed by atoms with Crippen LogP contribution in [0.5, 0.6) is 0 Å². The van der Waals surface area contributed by atoms with Crippen LogP contribution in [0.15, 0.2) is 11.1 Å². The molecule has 0 atom stereocenters. The fourth-order valence-corrected chi connectivity index (χ4v) is 4.65. The van der Waals surface area contributed by atoms with Gasteiger partial charge in [-0.15, -0.1) is 0 Å². The van der Waals surface area contributed by atoms with E-state index < -0.39 is 0 Å². The lowest BCUT2D eigenvalue weighted by atomic mass is 10.1. The maximum Gasteiger partial charge on any atom is 0.256 e. The third-order valence-corrected chi connectivity index (χ3v) is 6.43. The molecule has 0 bridgehead atoms. The minimum absolute atomic E-state index is 0.0172. The number of carbonyl (C=O) groups excluding carboxylic acids is 1. The van der Waals surface area contributed by atoms with Crippen LogP contribution in [0.25, 0.3) is 0 Å². The molecule has 2 heterocycles. The molecular formula is C21H29N5O2. The van der Waals surface area contributed by atoms with Gasteiger partial charge in [0.1, 0.15) is 6.54 Å². The van der Waals surface area contributed by atoms with Gasteiger partial charge in [-0.25, -0.2) is 4.98 Å². The van der Waals surface area contributed by atoms with Crippen LogP contribution < -0.4 is 5.56 Å². The summed E-state index contributed by atoms with van der Waals surface area (Å²) in [4.78, 5) is 32.0. The second-order valence-electron chi connectivity index (χ2n) is 8.20.